The van der Waals surface area contributed by atoms with Gasteiger partial charge in [-0.1, -0.05) is 18.2 Å². The Morgan fingerprint density at radius 2 is 1.62 bits per heavy atom. The third-order valence-corrected chi connectivity index (χ3v) is 3.13. The lowest BCUT2D eigenvalue weighted by Gasteiger charge is -2.07. The molecule has 3 rings (SSSR count). The quantitative estimate of drug-likeness (QED) is 0.766. The molecule has 0 atom stereocenters. The summed E-state index contributed by atoms with van der Waals surface area (Å²) < 4.78 is 26.7. The summed E-state index contributed by atoms with van der Waals surface area (Å²) in [6, 6.07) is 14.5. The molecule has 2 N–H and O–H groups in total. The molecule has 0 saturated heterocycles. The van der Waals surface area contributed by atoms with Gasteiger partial charge in [0.15, 0.2) is 11.6 Å². The highest BCUT2D eigenvalue weighted by atomic mass is 19.1. The molecule has 7 heteroatoms. The second kappa shape index (κ2) is 6.82. The van der Waals surface area contributed by atoms with Gasteiger partial charge >= 0.3 is 0 Å². The molecule has 3 aromatic rings. The molecule has 5 nitrogen and oxygen atoms in total. The summed E-state index contributed by atoms with van der Waals surface area (Å²) >= 11 is 0. The van der Waals surface area contributed by atoms with Crippen molar-refractivity contribution in [3.63, 3.8) is 0 Å². The van der Waals surface area contributed by atoms with Crippen molar-refractivity contribution in [2.75, 3.05) is 10.6 Å². The number of hydrogen-bond donors (Lipinski definition) is 2. The zero-order chi connectivity index (χ0) is 16.9. The van der Waals surface area contributed by atoms with Gasteiger partial charge < -0.3 is 10.6 Å². The zero-order valence-electron chi connectivity index (χ0n) is 12.3. The maximum absolute atomic E-state index is 13.5. The number of halogens is 2. The van der Waals surface area contributed by atoms with Gasteiger partial charge in [0.05, 0.1) is 5.69 Å². The average molecular weight is 326 g/mol. The molecule has 1 heterocycles. The fourth-order valence-corrected chi connectivity index (χ4v) is 1.98. The Kier molecular flexibility index (Phi) is 4.42. The first-order valence-corrected chi connectivity index (χ1v) is 7.04. The van der Waals surface area contributed by atoms with Crippen molar-refractivity contribution in [3.8, 4) is 0 Å². The minimum absolute atomic E-state index is 0.172. The molecule has 0 unspecified atom stereocenters. The Bertz CT molecular complexity index is 868. The number of nitrogens with zero attached hydrogens (tertiary/aromatic N) is 2. The van der Waals surface area contributed by atoms with Crippen molar-refractivity contribution in [2.24, 2.45) is 0 Å². The molecular formula is C17H12F2N4O. The third kappa shape index (κ3) is 3.70. The molecule has 24 heavy (non-hydrogen) atoms. The van der Waals surface area contributed by atoms with Crippen LogP contribution in [0.25, 0.3) is 0 Å². The molecule has 0 aliphatic rings. The van der Waals surface area contributed by atoms with E-state index in [2.05, 4.69) is 20.8 Å². The standard InChI is InChI=1S/C17H12F2N4O/c18-12-5-3-4-11(10-12)17(24)21-16-9-8-15(22-23-16)20-14-7-2-1-6-13(14)19/h1-10H,(H,20,22)(H,21,23,24). The Morgan fingerprint density at radius 3 is 2.33 bits per heavy atom. The molecule has 0 aliphatic heterocycles. The van der Waals surface area contributed by atoms with Crippen molar-refractivity contribution in [1.82, 2.24) is 10.2 Å². The Labute approximate surface area is 136 Å². The van der Waals surface area contributed by atoms with Crippen molar-refractivity contribution in [2.45, 2.75) is 0 Å². The predicted octanol–water partition coefficient (Wildman–Crippen LogP) is 3.75. The van der Waals surface area contributed by atoms with E-state index in [1.54, 1.807) is 24.3 Å². The van der Waals surface area contributed by atoms with Gasteiger partial charge in [0.1, 0.15) is 11.6 Å². The Balaban J connectivity index is 1.68. The van der Waals surface area contributed by atoms with Gasteiger partial charge in [-0.25, -0.2) is 8.78 Å². The molecule has 2 aromatic carbocycles. The van der Waals surface area contributed by atoms with Gasteiger partial charge in [0, 0.05) is 5.56 Å². The van der Waals surface area contributed by atoms with Gasteiger partial charge in [0.2, 0.25) is 0 Å². The fraction of sp³-hybridized carbons (Fsp3) is 0. The monoisotopic (exact) mass is 326 g/mol. The van der Waals surface area contributed by atoms with Gasteiger partial charge in [0.25, 0.3) is 5.91 Å². The van der Waals surface area contributed by atoms with Crippen LogP contribution >= 0.6 is 0 Å². The smallest absolute Gasteiger partial charge is 0.256 e. The first-order chi connectivity index (χ1) is 11.6. The lowest BCUT2D eigenvalue weighted by Crippen LogP contribution is -2.13. The van der Waals surface area contributed by atoms with Crippen LogP contribution in [0.15, 0.2) is 60.7 Å². The highest BCUT2D eigenvalue weighted by molar-refractivity contribution is 6.03. The van der Waals surface area contributed by atoms with E-state index < -0.39 is 17.5 Å². The highest BCUT2D eigenvalue weighted by Gasteiger charge is 2.08. The van der Waals surface area contributed by atoms with Crippen LogP contribution in [0.2, 0.25) is 0 Å². The molecule has 0 bridgehead atoms. The summed E-state index contributed by atoms with van der Waals surface area (Å²) in [5.41, 5.74) is 0.439. The summed E-state index contributed by atoms with van der Waals surface area (Å²) in [5, 5.41) is 13.0. The Morgan fingerprint density at radius 1 is 0.875 bits per heavy atom. The number of benzene rings is 2. The van der Waals surface area contributed by atoms with E-state index >= 15 is 0 Å². The third-order valence-electron chi connectivity index (χ3n) is 3.13. The minimum Gasteiger partial charge on any atom is -0.336 e. The minimum atomic E-state index is -0.502. The van der Waals surface area contributed by atoms with E-state index in [0.717, 1.165) is 6.07 Å². The van der Waals surface area contributed by atoms with E-state index in [0.29, 0.717) is 5.82 Å². The van der Waals surface area contributed by atoms with E-state index in [1.165, 1.54) is 30.3 Å². The largest absolute Gasteiger partial charge is 0.336 e. The van der Waals surface area contributed by atoms with Crippen LogP contribution in [0.1, 0.15) is 10.4 Å². The van der Waals surface area contributed by atoms with Crippen LogP contribution in [-0.4, -0.2) is 16.1 Å². The maximum Gasteiger partial charge on any atom is 0.256 e. The summed E-state index contributed by atoms with van der Waals surface area (Å²) in [6.07, 6.45) is 0. The van der Waals surface area contributed by atoms with Crippen molar-refractivity contribution >= 4 is 23.2 Å². The number of hydrogen-bond acceptors (Lipinski definition) is 4. The second-order valence-corrected chi connectivity index (χ2v) is 4.87. The van der Waals surface area contributed by atoms with Crippen molar-refractivity contribution in [1.29, 1.82) is 0 Å². The number of aromatic nitrogens is 2. The van der Waals surface area contributed by atoms with Crippen LogP contribution in [-0.2, 0) is 0 Å². The van der Waals surface area contributed by atoms with Gasteiger partial charge in [-0.3, -0.25) is 4.79 Å². The van der Waals surface area contributed by atoms with Crippen LogP contribution in [0.3, 0.4) is 0 Å². The number of amides is 1. The van der Waals surface area contributed by atoms with E-state index in [4.69, 9.17) is 0 Å². The molecule has 1 aromatic heterocycles. The van der Waals surface area contributed by atoms with Crippen molar-refractivity contribution in [3.05, 3.63) is 77.9 Å². The average Bonchev–Trinajstić information content (AvgIpc) is 2.58. The van der Waals surface area contributed by atoms with E-state index in [1.807, 2.05) is 0 Å². The number of carbonyl (C=O) groups is 1. The molecular weight excluding hydrogens is 314 g/mol. The summed E-state index contributed by atoms with van der Waals surface area (Å²) in [7, 11) is 0. The van der Waals surface area contributed by atoms with E-state index in [9.17, 15) is 13.6 Å². The summed E-state index contributed by atoms with van der Waals surface area (Å²) in [5.74, 6) is -0.897. The maximum atomic E-state index is 13.5. The predicted molar refractivity (Wildman–Crippen MR) is 86.1 cm³/mol. The number of anilines is 3. The van der Waals surface area contributed by atoms with Crippen molar-refractivity contribution < 1.29 is 13.6 Å². The van der Waals surface area contributed by atoms with Gasteiger partial charge in [-0.05, 0) is 42.5 Å². The highest BCUT2D eigenvalue weighted by Crippen LogP contribution is 2.18. The van der Waals surface area contributed by atoms with Gasteiger partial charge in [-0.2, -0.15) is 0 Å². The molecule has 0 saturated carbocycles. The number of para-hydroxylation sites is 1. The van der Waals surface area contributed by atoms with Crippen LogP contribution in [0.4, 0.5) is 26.1 Å². The molecule has 1 amide bonds. The lowest BCUT2D eigenvalue weighted by molar-refractivity contribution is 0.102. The first-order valence-electron chi connectivity index (χ1n) is 7.04. The number of nitrogens with one attached hydrogen (secondary N) is 2. The number of rotatable bonds is 4. The van der Waals surface area contributed by atoms with Crippen LogP contribution < -0.4 is 10.6 Å². The molecule has 120 valence electrons. The lowest BCUT2D eigenvalue weighted by atomic mass is 10.2. The zero-order valence-corrected chi connectivity index (χ0v) is 12.3. The van der Waals surface area contributed by atoms with Gasteiger partial charge in [-0.15, -0.1) is 10.2 Å². The van der Waals surface area contributed by atoms with Crippen LogP contribution in [0, 0.1) is 11.6 Å². The molecule has 0 spiro atoms. The second-order valence-electron chi connectivity index (χ2n) is 4.87. The van der Waals surface area contributed by atoms with E-state index in [-0.39, 0.29) is 17.1 Å². The molecule has 0 fully saturated rings. The Hall–Kier alpha value is -3.35. The van der Waals surface area contributed by atoms with Crippen LogP contribution in [0.5, 0.6) is 0 Å². The SMILES string of the molecule is O=C(Nc1ccc(Nc2ccccc2F)nn1)c1cccc(F)c1. The summed E-state index contributed by atoms with van der Waals surface area (Å²) in [6.45, 7) is 0. The normalized spacial score (nSPS) is 10.2. The number of carbonyl (C=O) groups excluding carboxylic acids is 1. The molecule has 0 aliphatic carbocycles. The summed E-state index contributed by atoms with van der Waals surface area (Å²) in [4.78, 5) is 12.0. The topological polar surface area (TPSA) is 66.9 Å². The molecule has 0 radical (unpaired) electrons. The fourth-order valence-electron chi connectivity index (χ4n) is 1.98. The first kappa shape index (κ1) is 15.5.